The summed E-state index contributed by atoms with van der Waals surface area (Å²) in [5.41, 5.74) is -0.00402. The molecule has 2 N–H and O–H groups in total. The van der Waals surface area contributed by atoms with E-state index in [1.807, 2.05) is 14.1 Å². The lowest BCUT2D eigenvalue weighted by atomic mass is 9.93. The van der Waals surface area contributed by atoms with Crippen LogP contribution < -0.4 is 10.6 Å². The smallest absolute Gasteiger partial charge is 0.237 e. The lowest BCUT2D eigenvalue weighted by Crippen LogP contribution is -2.53. The van der Waals surface area contributed by atoms with Gasteiger partial charge in [0.15, 0.2) is 0 Å². The van der Waals surface area contributed by atoms with E-state index in [9.17, 15) is 4.79 Å². The number of carbonyl (C=O) groups is 1. The van der Waals surface area contributed by atoms with Crippen LogP contribution in [-0.4, -0.2) is 49.6 Å². The Labute approximate surface area is 105 Å². The Morgan fingerprint density at radius 3 is 2.65 bits per heavy atom. The third kappa shape index (κ3) is 4.28. The maximum absolute atomic E-state index is 12.0. The van der Waals surface area contributed by atoms with Gasteiger partial charge in [0.1, 0.15) is 0 Å². The van der Waals surface area contributed by atoms with Crippen LogP contribution in [0.3, 0.4) is 0 Å². The van der Waals surface area contributed by atoms with Crippen molar-refractivity contribution in [3.8, 4) is 0 Å². The molecule has 1 fully saturated rings. The zero-order valence-electron chi connectivity index (χ0n) is 11.8. The molecule has 4 heteroatoms. The standard InChI is InChI=1S/C13H27N3O/c1-10-6-7-14-11(8-10)12(17)15-9-13(2,3)16(4)5/h10-11,14H,6-9H2,1-5H3,(H,15,17). The number of carbonyl (C=O) groups excluding carboxylic acids is 1. The van der Waals surface area contributed by atoms with Crippen molar-refractivity contribution in [1.82, 2.24) is 15.5 Å². The molecule has 1 amide bonds. The van der Waals surface area contributed by atoms with Gasteiger partial charge in [0.25, 0.3) is 0 Å². The van der Waals surface area contributed by atoms with Crippen LogP contribution in [0.5, 0.6) is 0 Å². The Morgan fingerprint density at radius 2 is 2.12 bits per heavy atom. The minimum absolute atomic E-state index is 0.00304. The van der Waals surface area contributed by atoms with Crippen LogP contribution in [0.25, 0.3) is 0 Å². The molecule has 0 aliphatic carbocycles. The molecule has 4 nitrogen and oxygen atoms in total. The van der Waals surface area contributed by atoms with E-state index >= 15 is 0 Å². The summed E-state index contributed by atoms with van der Waals surface area (Å²) in [6.07, 6.45) is 2.13. The largest absolute Gasteiger partial charge is 0.353 e. The third-order valence-electron chi connectivity index (χ3n) is 3.89. The Hall–Kier alpha value is -0.610. The van der Waals surface area contributed by atoms with Gasteiger partial charge in [-0.3, -0.25) is 4.79 Å². The maximum Gasteiger partial charge on any atom is 0.237 e. The Balaban J connectivity index is 2.39. The first-order chi connectivity index (χ1) is 7.83. The average molecular weight is 241 g/mol. The number of rotatable bonds is 4. The minimum Gasteiger partial charge on any atom is -0.353 e. The van der Waals surface area contributed by atoms with Crippen LogP contribution in [0.2, 0.25) is 0 Å². The first kappa shape index (κ1) is 14.5. The van der Waals surface area contributed by atoms with Crippen molar-refractivity contribution in [3.63, 3.8) is 0 Å². The molecule has 1 aliphatic heterocycles. The van der Waals surface area contributed by atoms with Gasteiger partial charge in [0, 0.05) is 12.1 Å². The average Bonchev–Trinajstić information content (AvgIpc) is 2.25. The fourth-order valence-electron chi connectivity index (χ4n) is 1.89. The Kier molecular flexibility index (Phi) is 4.95. The molecule has 0 aromatic carbocycles. The molecule has 2 unspecified atom stereocenters. The molecule has 2 atom stereocenters. The summed E-state index contributed by atoms with van der Waals surface area (Å²) in [4.78, 5) is 14.1. The third-order valence-corrected chi connectivity index (χ3v) is 3.89. The van der Waals surface area contributed by atoms with Crippen molar-refractivity contribution >= 4 is 5.91 Å². The van der Waals surface area contributed by atoms with Crippen molar-refractivity contribution in [3.05, 3.63) is 0 Å². The lowest BCUT2D eigenvalue weighted by Gasteiger charge is -2.34. The van der Waals surface area contributed by atoms with Gasteiger partial charge < -0.3 is 15.5 Å². The molecule has 1 rings (SSSR count). The second-order valence-electron chi connectivity index (χ2n) is 6.06. The molecule has 1 saturated heterocycles. The first-order valence-corrected chi connectivity index (χ1v) is 6.51. The van der Waals surface area contributed by atoms with Gasteiger partial charge in [0.05, 0.1) is 6.04 Å². The van der Waals surface area contributed by atoms with Crippen LogP contribution in [-0.2, 0) is 4.79 Å². The number of hydrogen-bond donors (Lipinski definition) is 2. The number of likely N-dealkylation sites (N-methyl/N-ethyl adjacent to an activating group) is 1. The highest BCUT2D eigenvalue weighted by Crippen LogP contribution is 2.15. The summed E-state index contributed by atoms with van der Waals surface area (Å²) in [6.45, 7) is 8.11. The van der Waals surface area contributed by atoms with E-state index in [0.29, 0.717) is 12.5 Å². The van der Waals surface area contributed by atoms with Crippen LogP contribution in [0.1, 0.15) is 33.6 Å². The molecule has 17 heavy (non-hydrogen) atoms. The number of nitrogens with zero attached hydrogens (tertiary/aromatic N) is 1. The van der Waals surface area contributed by atoms with Gasteiger partial charge >= 0.3 is 0 Å². The van der Waals surface area contributed by atoms with E-state index in [0.717, 1.165) is 13.0 Å². The molecule has 100 valence electrons. The van der Waals surface area contributed by atoms with Crippen molar-refractivity contribution in [2.75, 3.05) is 27.2 Å². The van der Waals surface area contributed by atoms with E-state index in [2.05, 4.69) is 36.3 Å². The molecule has 1 aliphatic rings. The highest BCUT2D eigenvalue weighted by molar-refractivity contribution is 5.81. The maximum atomic E-state index is 12.0. The Bertz CT molecular complexity index is 263. The van der Waals surface area contributed by atoms with E-state index in [1.54, 1.807) is 0 Å². The number of amides is 1. The normalized spacial score (nSPS) is 26.0. The predicted molar refractivity (Wildman–Crippen MR) is 71.0 cm³/mol. The van der Waals surface area contributed by atoms with Gasteiger partial charge in [-0.25, -0.2) is 0 Å². The Morgan fingerprint density at radius 1 is 1.47 bits per heavy atom. The second-order valence-corrected chi connectivity index (χ2v) is 6.06. The predicted octanol–water partition coefficient (Wildman–Crippen LogP) is 0.831. The quantitative estimate of drug-likeness (QED) is 0.766. The number of nitrogens with one attached hydrogen (secondary N) is 2. The lowest BCUT2D eigenvalue weighted by molar-refractivity contribution is -0.124. The zero-order valence-corrected chi connectivity index (χ0v) is 11.8. The summed E-state index contributed by atoms with van der Waals surface area (Å²) in [5, 5.41) is 6.34. The first-order valence-electron chi connectivity index (χ1n) is 6.51. The van der Waals surface area contributed by atoms with Crippen molar-refractivity contribution in [2.45, 2.75) is 45.2 Å². The van der Waals surface area contributed by atoms with Gasteiger partial charge in [-0.1, -0.05) is 6.92 Å². The summed E-state index contributed by atoms with van der Waals surface area (Å²) in [6, 6.07) is -0.00304. The summed E-state index contributed by atoms with van der Waals surface area (Å²) >= 11 is 0. The van der Waals surface area contributed by atoms with Crippen LogP contribution in [0.15, 0.2) is 0 Å². The molecule has 0 saturated carbocycles. The van der Waals surface area contributed by atoms with E-state index < -0.39 is 0 Å². The summed E-state index contributed by atoms with van der Waals surface area (Å²) in [7, 11) is 4.07. The summed E-state index contributed by atoms with van der Waals surface area (Å²) < 4.78 is 0. The molecule has 1 heterocycles. The molecular formula is C13H27N3O. The summed E-state index contributed by atoms with van der Waals surface area (Å²) in [5.74, 6) is 0.792. The molecule has 0 aromatic heterocycles. The van der Waals surface area contributed by atoms with Gasteiger partial charge in [-0.2, -0.15) is 0 Å². The fourth-order valence-corrected chi connectivity index (χ4v) is 1.89. The second kappa shape index (κ2) is 5.83. The zero-order chi connectivity index (χ0) is 13.1. The molecule has 0 spiro atoms. The highest BCUT2D eigenvalue weighted by Gasteiger charge is 2.27. The molecule has 0 radical (unpaired) electrons. The van der Waals surface area contributed by atoms with Gasteiger partial charge in [-0.15, -0.1) is 0 Å². The fraction of sp³-hybridized carbons (Fsp3) is 0.923. The van der Waals surface area contributed by atoms with Crippen LogP contribution >= 0.6 is 0 Å². The molecular weight excluding hydrogens is 214 g/mol. The van der Waals surface area contributed by atoms with E-state index in [1.165, 1.54) is 6.42 Å². The SMILES string of the molecule is CC1CCNC(C(=O)NCC(C)(C)N(C)C)C1. The van der Waals surface area contributed by atoms with Crippen molar-refractivity contribution in [2.24, 2.45) is 5.92 Å². The highest BCUT2D eigenvalue weighted by atomic mass is 16.2. The van der Waals surface area contributed by atoms with Crippen molar-refractivity contribution < 1.29 is 4.79 Å². The van der Waals surface area contributed by atoms with E-state index in [-0.39, 0.29) is 17.5 Å². The minimum atomic E-state index is -0.00402. The number of hydrogen-bond acceptors (Lipinski definition) is 3. The van der Waals surface area contributed by atoms with Crippen molar-refractivity contribution in [1.29, 1.82) is 0 Å². The van der Waals surface area contributed by atoms with E-state index in [4.69, 9.17) is 0 Å². The monoisotopic (exact) mass is 241 g/mol. The van der Waals surface area contributed by atoms with Crippen LogP contribution in [0.4, 0.5) is 0 Å². The van der Waals surface area contributed by atoms with Crippen LogP contribution in [0, 0.1) is 5.92 Å². The molecule has 0 aromatic rings. The number of piperidine rings is 1. The topological polar surface area (TPSA) is 44.4 Å². The molecule has 0 bridgehead atoms. The van der Waals surface area contributed by atoms with Gasteiger partial charge in [-0.05, 0) is 53.2 Å². The van der Waals surface area contributed by atoms with Gasteiger partial charge in [0.2, 0.25) is 5.91 Å².